The molecule has 2 heterocycles. The van der Waals surface area contributed by atoms with Gasteiger partial charge in [-0.15, -0.1) is 11.3 Å². The minimum Gasteiger partial charge on any atom is -0.451 e. The number of thiophene rings is 1. The molecule has 10 heteroatoms. The average Bonchev–Trinajstić information content (AvgIpc) is 3.45. The summed E-state index contributed by atoms with van der Waals surface area (Å²) in [5, 5.41) is 2.75. The molecule has 2 aromatic carbocycles. The number of para-hydroxylation sites is 1. The fourth-order valence-electron chi connectivity index (χ4n) is 3.27. The summed E-state index contributed by atoms with van der Waals surface area (Å²) >= 11 is 1.57. The highest BCUT2D eigenvalue weighted by Gasteiger charge is 2.19. The van der Waals surface area contributed by atoms with Gasteiger partial charge in [-0.1, -0.05) is 24.3 Å². The summed E-state index contributed by atoms with van der Waals surface area (Å²) in [6.45, 7) is 2.04. The van der Waals surface area contributed by atoms with Gasteiger partial charge in [-0.05, 0) is 55.1 Å². The number of furan rings is 1. The third kappa shape index (κ3) is 5.14. The van der Waals surface area contributed by atoms with Crippen molar-refractivity contribution in [2.24, 2.45) is 0 Å². The molecule has 33 heavy (non-hydrogen) atoms. The van der Waals surface area contributed by atoms with Crippen LogP contribution < -0.4 is 15.6 Å². The molecule has 0 fully saturated rings. The number of hydrogen-bond acceptors (Lipinski definition) is 6. The van der Waals surface area contributed by atoms with Crippen LogP contribution in [0, 0.1) is 6.92 Å². The van der Waals surface area contributed by atoms with Crippen molar-refractivity contribution < 1.29 is 22.4 Å². The second kappa shape index (κ2) is 9.57. The molecule has 0 unspecified atom stereocenters. The van der Waals surface area contributed by atoms with Crippen LogP contribution in [0.4, 0.5) is 0 Å². The molecule has 4 rings (SSSR count). The first-order chi connectivity index (χ1) is 15.8. The maximum absolute atomic E-state index is 12.4. The summed E-state index contributed by atoms with van der Waals surface area (Å²) in [5.74, 6) is -1.08. The van der Waals surface area contributed by atoms with E-state index in [4.69, 9.17) is 4.42 Å². The molecule has 4 aromatic rings. The Morgan fingerprint density at radius 3 is 2.36 bits per heavy atom. The smallest absolute Gasteiger partial charge is 0.305 e. The Hall–Kier alpha value is -3.47. The van der Waals surface area contributed by atoms with Crippen LogP contribution in [-0.2, 0) is 16.4 Å². The van der Waals surface area contributed by atoms with Gasteiger partial charge >= 0.3 is 5.91 Å². The zero-order valence-electron chi connectivity index (χ0n) is 17.6. The van der Waals surface area contributed by atoms with Crippen LogP contribution >= 0.6 is 11.3 Å². The lowest BCUT2D eigenvalue weighted by molar-refractivity contribution is 0.0831. The van der Waals surface area contributed by atoms with E-state index in [2.05, 4.69) is 15.6 Å². The molecule has 0 radical (unpaired) electrons. The third-order valence-corrected chi connectivity index (χ3v) is 7.42. The van der Waals surface area contributed by atoms with Crippen molar-refractivity contribution in [3.8, 4) is 0 Å². The first kappa shape index (κ1) is 22.7. The zero-order chi connectivity index (χ0) is 23.4. The second-order valence-electron chi connectivity index (χ2n) is 7.21. The first-order valence-corrected chi connectivity index (χ1v) is 12.4. The normalized spacial score (nSPS) is 11.4. The number of fused-ring (bicyclic) bond motifs is 1. The maximum Gasteiger partial charge on any atom is 0.305 e. The number of amides is 2. The summed E-state index contributed by atoms with van der Waals surface area (Å²) in [6.07, 6.45) is 0.599. The minimum absolute atomic E-state index is 0.0483. The highest BCUT2D eigenvalue weighted by molar-refractivity contribution is 7.89. The lowest BCUT2D eigenvalue weighted by Gasteiger charge is -2.09. The zero-order valence-corrected chi connectivity index (χ0v) is 19.3. The van der Waals surface area contributed by atoms with E-state index in [1.54, 1.807) is 30.4 Å². The highest BCUT2D eigenvalue weighted by Crippen LogP contribution is 2.24. The summed E-state index contributed by atoms with van der Waals surface area (Å²) in [7, 11) is -3.69. The average molecular weight is 484 g/mol. The molecule has 3 N–H and O–H groups in total. The highest BCUT2D eigenvalue weighted by atomic mass is 32.2. The van der Waals surface area contributed by atoms with Gasteiger partial charge in [0.15, 0.2) is 5.76 Å². The van der Waals surface area contributed by atoms with E-state index in [-0.39, 0.29) is 22.8 Å². The van der Waals surface area contributed by atoms with Crippen LogP contribution in [0.5, 0.6) is 0 Å². The Labute approximate surface area is 194 Å². The van der Waals surface area contributed by atoms with Crippen molar-refractivity contribution >= 4 is 44.1 Å². The van der Waals surface area contributed by atoms with E-state index in [1.165, 1.54) is 24.3 Å². The molecule has 0 atom stereocenters. The van der Waals surface area contributed by atoms with Crippen molar-refractivity contribution in [1.29, 1.82) is 0 Å². The van der Waals surface area contributed by atoms with E-state index >= 15 is 0 Å². The van der Waals surface area contributed by atoms with E-state index in [1.807, 2.05) is 29.6 Å². The lowest BCUT2D eigenvalue weighted by Crippen LogP contribution is -2.41. The van der Waals surface area contributed by atoms with E-state index in [9.17, 15) is 18.0 Å². The number of hydrogen-bond donors (Lipinski definition) is 3. The fourth-order valence-corrected chi connectivity index (χ4v) is 5.01. The number of hydrazine groups is 1. The molecule has 0 aliphatic carbocycles. The van der Waals surface area contributed by atoms with Gasteiger partial charge in [-0.3, -0.25) is 20.4 Å². The van der Waals surface area contributed by atoms with E-state index in [0.717, 1.165) is 10.3 Å². The van der Waals surface area contributed by atoms with Crippen molar-refractivity contribution in [2.45, 2.75) is 18.2 Å². The maximum atomic E-state index is 12.4. The lowest BCUT2D eigenvalue weighted by atomic mass is 10.1. The molecule has 0 saturated heterocycles. The van der Waals surface area contributed by atoms with Gasteiger partial charge in [0.25, 0.3) is 5.91 Å². The standard InChI is InChI=1S/C23H21N3O5S2/c1-15-19-6-2-3-7-20(19)31-21(15)23(28)26-25-22(27)16-8-10-18(11-9-16)33(29,30)24-13-12-17-5-4-14-32-17/h2-11,14,24H,12-13H2,1H3,(H,25,27)(H,26,28). The monoisotopic (exact) mass is 483 g/mol. The van der Waals surface area contributed by atoms with Crippen molar-refractivity contribution in [2.75, 3.05) is 6.54 Å². The predicted octanol–water partition coefficient (Wildman–Crippen LogP) is 3.40. The van der Waals surface area contributed by atoms with Crippen LogP contribution in [0.15, 0.2) is 75.4 Å². The van der Waals surface area contributed by atoms with E-state index < -0.39 is 21.8 Å². The van der Waals surface area contributed by atoms with Gasteiger partial charge in [0.1, 0.15) is 5.58 Å². The Bertz CT molecular complexity index is 1390. The number of sulfonamides is 1. The molecule has 0 aliphatic heterocycles. The molecular weight excluding hydrogens is 462 g/mol. The van der Waals surface area contributed by atoms with Gasteiger partial charge in [-0.25, -0.2) is 13.1 Å². The molecule has 2 aromatic heterocycles. The van der Waals surface area contributed by atoms with Crippen LogP contribution in [0.25, 0.3) is 11.0 Å². The second-order valence-corrected chi connectivity index (χ2v) is 10.0. The molecule has 170 valence electrons. The van der Waals surface area contributed by atoms with Crippen molar-refractivity contribution in [1.82, 2.24) is 15.6 Å². The van der Waals surface area contributed by atoms with Gasteiger partial charge < -0.3 is 4.42 Å². The van der Waals surface area contributed by atoms with E-state index in [0.29, 0.717) is 17.6 Å². The number of rotatable bonds is 7. The molecule has 0 bridgehead atoms. The Kier molecular flexibility index (Phi) is 6.59. The topological polar surface area (TPSA) is 118 Å². The largest absolute Gasteiger partial charge is 0.451 e. The molecule has 8 nitrogen and oxygen atoms in total. The van der Waals surface area contributed by atoms with Crippen LogP contribution in [0.2, 0.25) is 0 Å². The molecule has 0 aliphatic rings. The number of aryl methyl sites for hydroxylation is 1. The molecular formula is C23H21N3O5S2. The van der Waals surface area contributed by atoms with Crippen LogP contribution in [-0.4, -0.2) is 26.8 Å². The Morgan fingerprint density at radius 2 is 1.67 bits per heavy atom. The number of benzene rings is 2. The minimum atomic E-state index is -3.69. The van der Waals surface area contributed by atoms with Gasteiger partial charge in [0.05, 0.1) is 4.90 Å². The number of carbonyl (C=O) groups excluding carboxylic acids is 2. The van der Waals surface area contributed by atoms with Crippen molar-refractivity contribution in [3.63, 3.8) is 0 Å². The predicted molar refractivity (Wildman–Crippen MR) is 126 cm³/mol. The third-order valence-electron chi connectivity index (χ3n) is 5.01. The van der Waals surface area contributed by atoms with Gasteiger partial charge in [0, 0.05) is 27.9 Å². The number of nitrogens with one attached hydrogen (secondary N) is 3. The van der Waals surface area contributed by atoms with Crippen molar-refractivity contribution in [3.05, 3.63) is 87.8 Å². The first-order valence-electron chi connectivity index (χ1n) is 10.1. The van der Waals surface area contributed by atoms with Crippen LogP contribution in [0.1, 0.15) is 31.4 Å². The fraction of sp³-hybridized carbons (Fsp3) is 0.130. The Balaban J connectivity index is 1.34. The molecule has 2 amide bonds. The van der Waals surface area contributed by atoms with Gasteiger partial charge in [0.2, 0.25) is 10.0 Å². The summed E-state index contributed by atoms with van der Waals surface area (Å²) in [4.78, 5) is 26.0. The SMILES string of the molecule is Cc1c(C(=O)NNC(=O)c2ccc(S(=O)(=O)NCCc3cccs3)cc2)oc2ccccc12. The Morgan fingerprint density at radius 1 is 0.939 bits per heavy atom. The summed E-state index contributed by atoms with van der Waals surface area (Å²) < 4.78 is 33.0. The molecule has 0 spiro atoms. The summed E-state index contributed by atoms with van der Waals surface area (Å²) in [5.41, 5.74) is 6.07. The number of carbonyl (C=O) groups is 2. The van der Waals surface area contributed by atoms with Crippen LogP contribution in [0.3, 0.4) is 0 Å². The quantitative estimate of drug-likeness (QED) is 0.348. The van der Waals surface area contributed by atoms with Gasteiger partial charge in [-0.2, -0.15) is 0 Å². The molecule has 0 saturated carbocycles. The summed E-state index contributed by atoms with van der Waals surface area (Å²) in [6, 6.07) is 16.5.